The van der Waals surface area contributed by atoms with Gasteiger partial charge in [-0.3, -0.25) is 19.0 Å². The van der Waals surface area contributed by atoms with Crippen molar-refractivity contribution >= 4 is 33.9 Å². The van der Waals surface area contributed by atoms with Gasteiger partial charge < -0.3 is 29.0 Å². The smallest absolute Gasteiger partial charge is 0.272 e. The van der Waals surface area contributed by atoms with E-state index in [-0.39, 0.29) is 23.8 Å². The lowest BCUT2D eigenvalue weighted by atomic mass is 9.84. The first kappa shape index (κ1) is 32.1. The summed E-state index contributed by atoms with van der Waals surface area (Å²) in [4.78, 5) is 37.6. The van der Waals surface area contributed by atoms with E-state index in [0.29, 0.717) is 36.0 Å². The molecule has 3 aromatic heterocycles. The highest BCUT2D eigenvalue weighted by atomic mass is 16.5. The highest BCUT2D eigenvalue weighted by Crippen LogP contribution is 2.39. The van der Waals surface area contributed by atoms with Crippen molar-refractivity contribution in [3.63, 3.8) is 0 Å². The molecule has 0 spiro atoms. The van der Waals surface area contributed by atoms with E-state index in [1.165, 1.54) is 0 Å². The number of fused-ring (bicyclic) bond motifs is 2. The maximum Gasteiger partial charge on any atom is 0.272 e. The molecule has 2 amide bonds. The Labute approximate surface area is 274 Å². The molecule has 1 N–H and O–H groups in total. The van der Waals surface area contributed by atoms with Gasteiger partial charge in [-0.15, -0.1) is 0 Å². The quantitative estimate of drug-likeness (QED) is 0.200. The third-order valence-electron chi connectivity index (χ3n) is 9.43. The number of carbonyl (C=O) groups is 2. The number of methoxy groups -OCH3 is 3. The summed E-state index contributed by atoms with van der Waals surface area (Å²) in [7, 11) is 6.74. The number of carbonyl (C=O) groups excluding carboxylic acids is 2. The SMILES string of the molecule is COCCN(C(C)=O)[C@H]1CC[C@H](c2nc(-c3ccc(NC(=O)c4cc5c(OC)cccc5n4C)c(OC)c3)c3c(C)nccn32)CC1. The van der Waals surface area contributed by atoms with Crippen molar-refractivity contribution in [2.45, 2.75) is 51.5 Å². The van der Waals surface area contributed by atoms with Crippen LogP contribution in [0.15, 0.2) is 54.9 Å². The van der Waals surface area contributed by atoms with E-state index in [9.17, 15) is 9.59 Å². The fourth-order valence-corrected chi connectivity index (χ4v) is 7.00. The molecule has 6 rings (SSSR count). The molecule has 0 saturated heterocycles. The Kier molecular flexibility index (Phi) is 9.17. The van der Waals surface area contributed by atoms with Gasteiger partial charge in [-0.25, -0.2) is 4.98 Å². The van der Waals surface area contributed by atoms with Gasteiger partial charge in [0.05, 0.1) is 48.9 Å². The lowest BCUT2D eigenvalue weighted by Crippen LogP contribution is -2.42. The Balaban J connectivity index is 1.28. The van der Waals surface area contributed by atoms with Crippen molar-refractivity contribution < 1.29 is 23.8 Å². The third-order valence-corrected chi connectivity index (χ3v) is 9.43. The molecule has 246 valence electrons. The Morgan fingerprint density at radius 1 is 1.02 bits per heavy atom. The Bertz CT molecular complexity index is 1940. The Morgan fingerprint density at radius 3 is 2.49 bits per heavy atom. The second-order valence-corrected chi connectivity index (χ2v) is 12.1. The number of amides is 2. The van der Waals surface area contributed by atoms with Crippen molar-refractivity contribution in [2.75, 3.05) is 39.8 Å². The number of ether oxygens (including phenoxy) is 3. The second-order valence-electron chi connectivity index (χ2n) is 12.1. The third kappa shape index (κ3) is 6.03. The van der Waals surface area contributed by atoms with Crippen LogP contribution in [0, 0.1) is 6.92 Å². The number of hydrogen-bond donors (Lipinski definition) is 1. The van der Waals surface area contributed by atoms with E-state index in [0.717, 1.165) is 64.9 Å². The summed E-state index contributed by atoms with van der Waals surface area (Å²) in [6.07, 6.45) is 7.46. The lowest BCUT2D eigenvalue weighted by Gasteiger charge is -2.36. The van der Waals surface area contributed by atoms with Crippen molar-refractivity contribution in [1.29, 1.82) is 0 Å². The minimum Gasteiger partial charge on any atom is -0.496 e. The van der Waals surface area contributed by atoms with Gasteiger partial charge in [0.25, 0.3) is 5.91 Å². The molecule has 0 atom stereocenters. The summed E-state index contributed by atoms with van der Waals surface area (Å²) in [5.74, 6) is 2.30. The van der Waals surface area contributed by atoms with Crippen LogP contribution in [0.5, 0.6) is 11.5 Å². The Morgan fingerprint density at radius 2 is 1.79 bits per heavy atom. The zero-order valence-electron chi connectivity index (χ0n) is 27.9. The Hall–Kier alpha value is -4.90. The molecule has 2 aromatic carbocycles. The topological polar surface area (TPSA) is 112 Å². The number of benzene rings is 2. The highest BCUT2D eigenvalue weighted by molar-refractivity contribution is 6.08. The largest absolute Gasteiger partial charge is 0.496 e. The highest BCUT2D eigenvalue weighted by Gasteiger charge is 2.31. The first-order chi connectivity index (χ1) is 22.7. The predicted octanol–water partition coefficient (Wildman–Crippen LogP) is 5.99. The van der Waals surface area contributed by atoms with Gasteiger partial charge in [0, 0.05) is 62.9 Å². The van der Waals surface area contributed by atoms with Crippen molar-refractivity contribution in [2.24, 2.45) is 7.05 Å². The molecule has 0 aliphatic heterocycles. The van der Waals surface area contributed by atoms with E-state index in [1.54, 1.807) is 28.3 Å². The first-order valence-electron chi connectivity index (χ1n) is 16.0. The minimum atomic E-state index is -0.257. The maximum atomic E-state index is 13.5. The number of imidazole rings is 1. The minimum absolute atomic E-state index is 0.0895. The summed E-state index contributed by atoms with van der Waals surface area (Å²) < 4.78 is 20.5. The van der Waals surface area contributed by atoms with E-state index < -0.39 is 0 Å². The van der Waals surface area contributed by atoms with Crippen LogP contribution >= 0.6 is 0 Å². The van der Waals surface area contributed by atoms with Crippen molar-refractivity contribution in [3.05, 3.63) is 72.1 Å². The number of nitrogens with one attached hydrogen (secondary N) is 1. The number of rotatable bonds is 10. The molecular formula is C36H42N6O5. The van der Waals surface area contributed by atoms with Crippen molar-refractivity contribution in [1.82, 2.24) is 23.8 Å². The molecule has 1 aliphatic rings. The number of nitrogens with zero attached hydrogens (tertiary/aromatic N) is 5. The van der Waals surface area contributed by atoms with E-state index >= 15 is 0 Å². The molecular weight excluding hydrogens is 596 g/mol. The summed E-state index contributed by atoms with van der Waals surface area (Å²) in [5, 5.41) is 3.90. The first-order valence-corrected chi connectivity index (χ1v) is 16.0. The molecule has 1 aliphatic carbocycles. The van der Waals surface area contributed by atoms with Gasteiger partial charge in [0.1, 0.15) is 23.0 Å². The number of aromatic nitrogens is 4. The van der Waals surface area contributed by atoms with Crippen LogP contribution in [0.2, 0.25) is 0 Å². The van der Waals surface area contributed by atoms with Gasteiger partial charge in [-0.2, -0.15) is 0 Å². The molecule has 5 aromatic rings. The molecule has 0 radical (unpaired) electrons. The van der Waals surface area contributed by atoms with E-state index in [4.69, 9.17) is 19.2 Å². The zero-order valence-corrected chi connectivity index (χ0v) is 27.9. The fourth-order valence-electron chi connectivity index (χ4n) is 7.00. The summed E-state index contributed by atoms with van der Waals surface area (Å²) >= 11 is 0. The molecule has 1 fully saturated rings. The van der Waals surface area contributed by atoms with Gasteiger partial charge >= 0.3 is 0 Å². The molecule has 47 heavy (non-hydrogen) atoms. The molecule has 0 unspecified atom stereocenters. The second kappa shape index (κ2) is 13.4. The summed E-state index contributed by atoms with van der Waals surface area (Å²) in [5.41, 5.74) is 5.46. The average molecular weight is 639 g/mol. The van der Waals surface area contributed by atoms with Gasteiger partial charge in [0.15, 0.2) is 0 Å². The predicted molar refractivity (Wildman–Crippen MR) is 181 cm³/mol. The molecule has 11 nitrogen and oxygen atoms in total. The monoisotopic (exact) mass is 638 g/mol. The van der Waals surface area contributed by atoms with Crippen LogP contribution in [-0.2, 0) is 16.6 Å². The van der Waals surface area contributed by atoms with Gasteiger partial charge in [0.2, 0.25) is 5.91 Å². The summed E-state index contributed by atoms with van der Waals surface area (Å²) in [6, 6.07) is 13.5. The fraction of sp³-hybridized carbons (Fsp3) is 0.389. The van der Waals surface area contributed by atoms with Crippen LogP contribution < -0.4 is 14.8 Å². The van der Waals surface area contributed by atoms with Crippen molar-refractivity contribution in [3.8, 4) is 22.8 Å². The van der Waals surface area contributed by atoms with Gasteiger partial charge in [-0.1, -0.05) is 12.1 Å². The van der Waals surface area contributed by atoms with Crippen LogP contribution in [0.3, 0.4) is 0 Å². The van der Waals surface area contributed by atoms with E-state index in [2.05, 4.69) is 14.7 Å². The molecule has 0 bridgehead atoms. The van der Waals surface area contributed by atoms with Crippen LogP contribution in [0.25, 0.3) is 27.7 Å². The molecule has 1 saturated carbocycles. The number of hydrogen-bond acceptors (Lipinski definition) is 7. The maximum absolute atomic E-state index is 13.5. The number of aryl methyl sites for hydroxylation is 2. The van der Waals surface area contributed by atoms with Crippen LogP contribution in [-0.4, -0.2) is 76.2 Å². The number of anilines is 1. The zero-order chi connectivity index (χ0) is 33.2. The lowest BCUT2D eigenvalue weighted by molar-refractivity contribution is -0.132. The molecule has 3 heterocycles. The van der Waals surface area contributed by atoms with E-state index in [1.807, 2.05) is 78.3 Å². The average Bonchev–Trinajstić information content (AvgIpc) is 3.64. The standard InChI is InChI=1S/C36H42N6O5/c1-22-34-33(39-35(42(34)17-16-37-22)24-10-13-26(14-11-24)41(23(2)43)18-19-45-4)25-12-15-28(32(20-25)47-6)38-36(44)30-21-27-29(40(30)3)8-7-9-31(27)46-5/h7-9,12,15-17,20-21,24,26H,10-11,13-14,18-19H2,1-6H3,(H,38,44)/t24-,26-. The van der Waals surface area contributed by atoms with Gasteiger partial charge in [-0.05, 0) is 62.9 Å². The van der Waals surface area contributed by atoms with Crippen LogP contribution in [0.1, 0.15) is 60.5 Å². The molecule has 11 heteroatoms. The summed E-state index contributed by atoms with van der Waals surface area (Å²) in [6.45, 7) is 4.77. The normalized spacial score (nSPS) is 16.4. The van der Waals surface area contributed by atoms with Crippen LogP contribution in [0.4, 0.5) is 5.69 Å².